The Bertz CT molecular complexity index is 1480. The van der Waals surface area contributed by atoms with Crippen LogP contribution in [0, 0.1) is 0 Å². The number of rotatable bonds is 13. The zero-order chi connectivity index (χ0) is 28.4. The second-order valence-electron chi connectivity index (χ2n) is 8.99. The van der Waals surface area contributed by atoms with Crippen molar-refractivity contribution in [2.45, 2.75) is 35.4 Å². The van der Waals surface area contributed by atoms with Gasteiger partial charge in [-0.1, -0.05) is 78.0 Å². The van der Waals surface area contributed by atoms with E-state index in [0.717, 1.165) is 32.2 Å². The molecule has 0 aliphatic carbocycles. The molecule has 6 nitrogen and oxygen atoms in total. The van der Waals surface area contributed by atoms with E-state index in [-0.39, 0.29) is 18.5 Å². The van der Waals surface area contributed by atoms with Gasteiger partial charge in [-0.2, -0.15) is 0 Å². The molecule has 0 aromatic heterocycles. The average Bonchev–Trinajstić information content (AvgIpc) is 2.96. The van der Waals surface area contributed by atoms with Crippen LogP contribution in [0.1, 0.15) is 23.1 Å². The van der Waals surface area contributed by atoms with Gasteiger partial charge < -0.3 is 19.1 Å². The molecule has 0 spiro atoms. The minimum absolute atomic E-state index is 0.120. The third-order valence-corrected chi connectivity index (χ3v) is 9.28. The Balaban J connectivity index is 1.30. The number of ether oxygens (including phenoxy) is 1. The third kappa shape index (κ3) is 8.98. The first-order valence-corrected chi connectivity index (χ1v) is 15.6. The Morgan fingerprint density at radius 1 is 0.850 bits per heavy atom. The molecule has 208 valence electrons. The van der Waals surface area contributed by atoms with Crippen LogP contribution in [0.5, 0.6) is 5.75 Å². The van der Waals surface area contributed by atoms with E-state index in [1.807, 2.05) is 78.9 Å². The Morgan fingerprint density at radius 2 is 1.57 bits per heavy atom. The largest absolute Gasteiger partial charge is 0.489 e. The van der Waals surface area contributed by atoms with Crippen molar-refractivity contribution in [3.63, 3.8) is 0 Å². The summed E-state index contributed by atoms with van der Waals surface area (Å²) in [5.41, 5.74) is 3.38. The Kier molecular flexibility index (Phi) is 10.9. The number of aryl methyl sites for hydroxylation is 1. The van der Waals surface area contributed by atoms with E-state index in [9.17, 15) is 9.36 Å². The molecule has 1 N–H and O–H groups in total. The monoisotopic (exact) mass is 595 g/mol. The van der Waals surface area contributed by atoms with Crippen molar-refractivity contribution in [2.24, 2.45) is 0 Å². The highest BCUT2D eigenvalue weighted by molar-refractivity contribution is 7.99. The van der Waals surface area contributed by atoms with Gasteiger partial charge in [0.2, 0.25) is 5.91 Å². The second kappa shape index (κ2) is 14.5. The van der Waals surface area contributed by atoms with Gasteiger partial charge >= 0.3 is 7.60 Å². The summed E-state index contributed by atoms with van der Waals surface area (Å²) in [6, 6.07) is 31.1. The van der Waals surface area contributed by atoms with Crippen LogP contribution in [-0.4, -0.2) is 20.1 Å². The lowest BCUT2D eigenvalue weighted by Crippen LogP contribution is -2.12. The van der Waals surface area contributed by atoms with Crippen LogP contribution in [-0.2, 0) is 37.6 Å². The van der Waals surface area contributed by atoms with Gasteiger partial charge in [-0.3, -0.25) is 9.36 Å². The lowest BCUT2D eigenvalue weighted by molar-refractivity contribution is -0.116. The van der Waals surface area contributed by atoms with Crippen LogP contribution in [0.2, 0.25) is 5.02 Å². The lowest BCUT2D eigenvalue weighted by atomic mass is 10.1. The normalized spacial score (nSPS) is 11.3. The molecule has 9 heteroatoms. The van der Waals surface area contributed by atoms with Gasteiger partial charge in [0.15, 0.2) is 0 Å². The minimum Gasteiger partial charge on any atom is -0.489 e. The van der Waals surface area contributed by atoms with Crippen LogP contribution in [0.15, 0.2) is 107 Å². The van der Waals surface area contributed by atoms with Gasteiger partial charge in [-0.25, -0.2) is 0 Å². The minimum atomic E-state index is -3.20. The van der Waals surface area contributed by atoms with E-state index in [4.69, 9.17) is 25.4 Å². The fourth-order valence-electron chi connectivity index (χ4n) is 3.95. The first-order chi connectivity index (χ1) is 19.4. The summed E-state index contributed by atoms with van der Waals surface area (Å²) in [5.74, 6) is 0.667. The summed E-state index contributed by atoms with van der Waals surface area (Å²) in [4.78, 5) is 14.7. The molecule has 0 fully saturated rings. The molecule has 1 amide bonds. The first-order valence-electron chi connectivity index (χ1n) is 12.7. The molecule has 0 bridgehead atoms. The topological polar surface area (TPSA) is 73.9 Å². The Morgan fingerprint density at radius 3 is 2.33 bits per heavy atom. The van der Waals surface area contributed by atoms with E-state index in [0.29, 0.717) is 23.7 Å². The number of amides is 1. The highest BCUT2D eigenvalue weighted by Crippen LogP contribution is 2.49. The summed E-state index contributed by atoms with van der Waals surface area (Å²) in [6.45, 7) is 0.512. The van der Waals surface area contributed by atoms with Crippen molar-refractivity contribution >= 4 is 42.6 Å². The highest BCUT2D eigenvalue weighted by Gasteiger charge is 2.21. The van der Waals surface area contributed by atoms with Crippen LogP contribution < -0.4 is 10.1 Å². The standard InChI is InChI=1S/C31H31ClNO5PS/c1-36-39(35,37-2)22-24-10-6-11-26(18-24)33-31(34)17-15-25-14-16-29(20-30(25)32)40-28-13-7-12-27(19-28)38-21-23-8-4-3-5-9-23/h3-14,16,18-20H,15,17,21-22H2,1-2H3,(H,33,34). The van der Waals surface area contributed by atoms with E-state index in [1.165, 1.54) is 14.2 Å². The van der Waals surface area contributed by atoms with E-state index in [2.05, 4.69) is 5.32 Å². The van der Waals surface area contributed by atoms with Crippen molar-refractivity contribution in [2.75, 3.05) is 19.5 Å². The number of hydrogen-bond donors (Lipinski definition) is 1. The van der Waals surface area contributed by atoms with Gasteiger partial charge in [0.1, 0.15) is 12.4 Å². The molecular formula is C31H31ClNO5PS. The lowest BCUT2D eigenvalue weighted by Gasteiger charge is -2.14. The second-order valence-corrected chi connectivity index (χ2v) is 12.8. The molecule has 0 aliphatic heterocycles. The van der Waals surface area contributed by atoms with E-state index < -0.39 is 7.60 Å². The molecule has 40 heavy (non-hydrogen) atoms. The number of halogens is 1. The number of anilines is 1. The zero-order valence-corrected chi connectivity index (χ0v) is 24.8. The van der Waals surface area contributed by atoms with Crippen LogP contribution in [0.25, 0.3) is 0 Å². The maximum atomic E-state index is 12.6. The summed E-state index contributed by atoms with van der Waals surface area (Å²) >= 11 is 8.18. The van der Waals surface area contributed by atoms with Gasteiger partial charge in [0.05, 0.1) is 6.16 Å². The van der Waals surface area contributed by atoms with Gasteiger partial charge in [0, 0.05) is 41.1 Å². The molecule has 4 aromatic rings. The average molecular weight is 596 g/mol. The molecule has 0 radical (unpaired) electrons. The molecule has 0 unspecified atom stereocenters. The SMILES string of the molecule is COP(=O)(Cc1cccc(NC(=O)CCc2ccc(Sc3cccc(OCc4ccccc4)c3)cc2Cl)c1)OC. The Hall–Kier alpha value is -3.06. The van der Waals surface area contributed by atoms with Gasteiger partial charge in [-0.15, -0.1) is 0 Å². The summed E-state index contributed by atoms with van der Waals surface area (Å²) < 4.78 is 28.4. The maximum absolute atomic E-state index is 12.6. The number of hydrogen-bond acceptors (Lipinski definition) is 6. The first kappa shape index (κ1) is 29.9. The molecule has 4 rings (SSSR count). The number of carbonyl (C=O) groups is 1. The molecule has 0 aliphatic rings. The molecule has 0 atom stereocenters. The van der Waals surface area contributed by atoms with Crippen LogP contribution in [0.4, 0.5) is 5.69 Å². The summed E-state index contributed by atoms with van der Waals surface area (Å²) in [5, 5.41) is 3.51. The van der Waals surface area contributed by atoms with Crippen molar-refractivity contribution in [3.05, 3.63) is 119 Å². The van der Waals surface area contributed by atoms with Crippen molar-refractivity contribution in [1.82, 2.24) is 0 Å². The molecule has 0 heterocycles. The predicted molar refractivity (Wildman–Crippen MR) is 162 cm³/mol. The number of carbonyl (C=O) groups excluding carboxylic acids is 1. The summed E-state index contributed by atoms with van der Waals surface area (Å²) in [6.07, 6.45) is 0.890. The number of nitrogens with one attached hydrogen (secondary N) is 1. The fourth-order valence-corrected chi connectivity index (χ4v) is 6.24. The zero-order valence-electron chi connectivity index (χ0n) is 22.3. The van der Waals surface area contributed by atoms with Crippen molar-refractivity contribution in [3.8, 4) is 5.75 Å². The smallest absolute Gasteiger partial charge is 0.334 e. The molecular weight excluding hydrogens is 565 g/mol. The van der Waals surface area contributed by atoms with Gasteiger partial charge in [0.25, 0.3) is 0 Å². The third-order valence-electron chi connectivity index (χ3n) is 6.08. The van der Waals surface area contributed by atoms with Crippen LogP contribution >= 0.6 is 31.0 Å². The molecule has 4 aromatic carbocycles. The Labute approximate surface area is 244 Å². The highest BCUT2D eigenvalue weighted by atomic mass is 35.5. The molecule has 0 saturated heterocycles. The molecule has 0 saturated carbocycles. The van der Waals surface area contributed by atoms with E-state index >= 15 is 0 Å². The van der Waals surface area contributed by atoms with Gasteiger partial charge in [-0.05, 0) is 65.6 Å². The number of benzene rings is 4. The van der Waals surface area contributed by atoms with Crippen molar-refractivity contribution < 1.29 is 23.1 Å². The van der Waals surface area contributed by atoms with Crippen molar-refractivity contribution in [1.29, 1.82) is 0 Å². The maximum Gasteiger partial charge on any atom is 0.334 e. The van der Waals surface area contributed by atoms with E-state index in [1.54, 1.807) is 30.0 Å². The predicted octanol–water partition coefficient (Wildman–Crippen LogP) is 8.63. The quantitative estimate of drug-likeness (QED) is 0.156. The summed E-state index contributed by atoms with van der Waals surface area (Å²) in [7, 11) is -0.487. The fraction of sp³-hybridized carbons (Fsp3) is 0.194. The van der Waals surface area contributed by atoms with Crippen LogP contribution in [0.3, 0.4) is 0 Å².